The molecule has 7 heteroatoms. The summed E-state index contributed by atoms with van der Waals surface area (Å²) in [6.45, 7) is -3.77. The number of rotatable bonds is 5. The number of carboxylic acid groups (broad SMARTS) is 1. The minimum absolute atomic E-state index is 0.0369. The van der Waals surface area contributed by atoms with Crippen LogP contribution in [0.25, 0.3) is 10.8 Å². The molecule has 0 saturated carbocycles. The van der Waals surface area contributed by atoms with Crippen molar-refractivity contribution < 1.29 is 36.9 Å². The van der Waals surface area contributed by atoms with Crippen molar-refractivity contribution in [2.45, 2.75) is 6.90 Å². The predicted octanol–water partition coefficient (Wildman–Crippen LogP) is 2.86. The highest BCUT2D eigenvalue weighted by atomic mass is 16.5. The Morgan fingerprint density at radius 1 is 1.27 bits per heavy atom. The van der Waals surface area contributed by atoms with E-state index in [-0.39, 0.29) is 22.2 Å². The predicted molar refractivity (Wildman–Crippen MR) is 94.6 cm³/mol. The number of hydrogen-bond acceptors (Lipinski definition) is 5. The van der Waals surface area contributed by atoms with E-state index in [0.717, 1.165) is 6.07 Å². The zero-order valence-corrected chi connectivity index (χ0v) is 12.9. The van der Waals surface area contributed by atoms with Crippen LogP contribution in [-0.2, 0) is 4.79 Å². The zero-order chi connectivity index (χ0) is 26.4. The van der Waals surface area contributed by atoms with Gasteiger partial charge in [0.1, 0.15) is 18.0 Å². The third kappa shape index (κ3) is 3.56. The molecule has 1 heterocycles. The summed E-state index contributed by atoms with van der Waals surface area (Å²) in [5.74, 6) is -4.98. The van der Waals surface area contributed by atoms with Crippen molar-refractivity contribution in [3.05, 3.63) is 59.8 Å². The number of carbonyl (C=O) groups is 2. The number of aryl methyl sites for hydroxylation is 1. The number of hydrogen-bond donors (Lipinski definition) is 3. The van der Waals surface area contributed by atoms with E-state index in [0.29, 0.717) is 0 Å². The molecule has 2 aromatic carbocycles. The third-order valence-electron chi connectivity index (χ3n) is 3.13. The number of pyridine rings is 1. The summed E-state index contributed by atoms with van der Waals surface area (Å²) in [6, 6.07) is -1.44. The Kier molecular flexibility index (Phi) is 2.51. The normalized spacial score (nSPS) is 15.9. The molecule has 0 spiro atoms. The van der Waals surface area contributed by atoms with E-state index >= 15 is 0 Å². The molecule has 132 valence electrons. The van der Waals surface area contributed by atoms with Crippen LogP contribution in [-0.4, -0.2) is 33.6 Å². The average molecular weight is 361 g/mol. The van der Waals surface area contributed by atoms with E-state index in [1.165, 1.54) is 6.07 Å². The van der Waals surface area contributed by atoms with Gasteiger partial charge in [0.2, 0.25) is 0 Å². The lowest BCUT2D eigenvalue weighted by Crippen LogP contribution is -2.30. The van der Waals surface area contributed by atoms with Gasteiger partial charge in [-0.3, -0.25) is 9.59 Å². The highest BCUT2D eigenvalue weighted by Crippen LogP contribution is 2.33. The molecule has 1 aromatic heterocycles. The Bertz CT molecular complexity index is 1370. The molecule has 0 aliphatic rings. The van der Waals surface area contributed by atoms with E-state index in [1.807, 2.05) is 0 Å². The summed E-state index contributed by atoms with van der Waals surface area (Å²) < 4.78 is 75.1. The molecule has 1 amide bonds. The first kappa shape index (κ1) is 9.19. The van der Waals surface area contributed by atoms with Gasteiger partial charge in [-0.25, -0.2) is 4.98 Å². The average Bonchev–Trinajstić information content (AvgIpc) is 2.78. The topological polar surface area (TPSA) is 109 Å². The van der Waals surface area contributed by atoms with Crippen LogP contribution < -0.4 is 10.1 Å². The molecule has 0 aliphatic heterocycles. The number of carboxylic acids is 1. The first-order valence-corrected chi connectivity index (χ1v) is 6.97. The van der Waals surface area contributed by atoms with Crippen LogP contribution in [0.4, 0.5) is 0 Å². The van der Waals surface area contributed by atoms with Crippen LogP contribution in [0, 0.1) is 6.90 Å². The molecule has 0 saturated heterocycles. The summed E-state index contributed by atoms with van der Waals surface area (Å²) in [4.78, 5) is 27.2. The molecule has 3 rings (SSSR count). The number of carbonyl (C=O) groups excluding carboxylic acids is 1. The quantitative estimate of drug-likeness (QED) is 0.645. The number of nitrogens with one attached hydrogen (secondary N) is 1. The molecule has 0 aliphatic carbocycles. The fourth-order valence-electron chi connectivity index (χ4n) is 2.06. The number of para-hydroxylation sites is 1. The molecular weight excluding hydrogens is 336 g/mol. The number of ether oxygens (including phenoxy) is 1. The van der Waals surface area contributed by atoms with E-state index in [4.69, 9.17) is 22.2 Å². The largest absolute Gasteiger partial charge is 0.505 e. The van der Waals surface area contributed by atoms with Gasteiger partial charge in [-0.2, -0.15) is 0 Å². The molecule has 7 nitrogen and oxygen atoms in total. The summed E-state index contributed by atoms with van der Waals surface area (Å²) in [5.41, 5.74) is -0.975. The second kappa shape index (κ2) is 7.10. The van der Waals surface area contributed by atoms with Gasteiger partial charge in [0.15, 0.2) is 11.4 Å². The summed E-state index contributed by atoms with van der Waals surface area (Å²) in [6.07, 6.45) is 0. The van der Waals surface area contributed by atoms with Gasteiger partial charge in [0.05, 0.1) is 11.0 Å². The number of fused-ring (bicyclic) bond motifs is 1. The summed E-state index contributed by atoms with van der Waals surface area (Å²) in [5, 5.41) is 20.7. The number of aromatic nitrogens is 1. The minimum Gasteiger partial charge on any atom is -0.505 e. The monoisotopic (exact) mass is 361 g/mol. The second-order valence-corrected chi connectivity index (χ2v) is 4.82. The fraction of sp³-hybridized carbons (Fsp3) is 0.105. The first-order chi connectivity index (χ1) is 16.2. The lowest BCUT2D eigenvalue weighted by Gasteiger charge is -2.12. The maximum atomic E-state index is 12.4. The molecule has 3 aromatic rings. The van der Waals surface area contributed by atoms with Crippen molar-refractivity contribution >= 4 is 22.6 Å². The second-order valence-electron chi connectivity index (χ2n) is 4.82. The number of aliphatic carboxylic acids is 1. The minimum atomic E-state index is -3.19. The summed E-state index contributed by atoms with van der Waals surface area (Å²) in [7, 11) is 0. The Hall–Kier alpha value is -3.61. The van der Waals surface area contributed by atoms with Crippen molar-refractivity contribution in [2.24, 2.45) is 0 Å². The Balaban J connectivity index is 2.16. The van der Waals surface area contributed by atoms with E-state index in [1.54, 1.807) is 5.32 Å². The number of amides is 1. The summed E-state index contributed by atoms with van der Waals surface area (Å²) >= 11 is 0. The highest BCUT2D eigenvalue weighted by Gasteiger charge is 2.18. The molecule has 0 bridgehead atoms. The zero-order valence-electron chi connectivity index (χ0n) is 21.9. The van der Waals surface area contributed by atoms with Gasteiger partial charge < -0.3 is 20.3 Å². The van der Waals surface area contributed by atoms with Gasteiger partial charge in [0, 0.05) is 17.8 Å². The van der Waals surface area contributed by atoms with E-state index in [9.17, 15) is 14.7 Å². The highest BCUT2D eigenvalue weighted by molar-refractivity contribution is 6.03. The maximum Gasteiger partial charge on any atom is 0.322 e. The smallest absolute Gasteiger partial charge is 0.322 e. The fourth-order valence-corrected chi connectivity index (χ4v) is 2.06. The van der Waals surface area contributed by atoms with Crippen molar-refractivity contribution in [2.75, 3.05) is 6.50 Å². The van der Waals surface area contributed by atoms with Crippen molar-refractivity contribution in [1.82, 2.24) is 10.3 Å². The van der Waals surface area contributed by atoms with Gasteiger partial charge >= 0.3 is 5.97 Å². The lowest BCUT2D eigenvalue weighted by molar-refractivity contribution is -0.135. The van der Waals surface area contributed by atoms with Gasteiger partial charge in [-0.15, -0.1) is 0 Å². The SMILES string of the molecule is [2H]Cc1nc(C(=O)NC([2H])([2H])C(=O)O)c(O)c2c([2H])cc(Oc3c([2H])c([2H])c([2H])c([2H])c3[2H])cc12. The molecule has 0 fully saturated rings. The Labute approximate surface area is 161 Å². The van der Waals surface area contributed by atoms with Crippen molar-refractivity contribution in [3.63, 3.8) is 0 Å². The van der Waals surface area contributed by atoms with Crippen LogP contribution in [0.1, 0.15) is 28.5 Å². The number of benzene rings is 2. The van der Waals surface area contributed by atoms with Crippen LogP contribution in [0.2, 0.25) is 0 Å². The van der Waals surface area contributed by atoms with Gasteiger partial charge in [-0.05, 0) is 37.2 Å². The molecule has 26 heavy (non-hydrogen) atoms. The van der Waals surface area contributed by atoms with Crippen LogP contribution in [0.15, 0.2) is 48.4 Å². The van der Waals surface area contributed by atoms with Crippen LogP contribution in [0.5, 0.6) is 17.2 Å². The molecule has 0 radical (unpaired) electrons. The van der Waals surface area contributed by atoms with Crippen molar-refractivity contribution in [1.29, 1.82) is 0 Å². The Morgan fingerprint density at radius 3 is 2.73 bits per heavy atom. The van der Waals surface area contributed by atoms with Crippen LogP contribution in [0.3, 0.4) is 0 Å². The van der Waals surface area contributed by atoms with Crippen LogP contribution >= 0.6 is 0 Å². The first-order valence-electron chi connectivity index (χ1n) is 11.7. The standard InChI is InChI=1S/C19H16N2O5/c1-11-15-9-13(26-12-5-3-2-4-6-12)7-8-14(15)18(24)17(21-11)19(25)20-10-16(22)23/h2-9,24H,10H2,1H3,(H,20,25)(H,22,23)/i1D,2D,3D,4D,5D,6D,8D,10D2. The Morgan fingerprint density at radius 2 is 2.04 bits per heavy atom. The molecule has 0 atom stereocenters. The number of aromatic hydroxyl groups is 1. The van der Waals surface area contributed by atoms with Crippen molar-refractivity contribution in [3.8, 4) is 17.2 Å². The molecular formula is C19H16N2O5. The van der Waals surface area contributed by atoms with Gasteiger partial charge in [-0.1, -0.05) is 18.1 Å². The molecule has 3 N–H and O–H groups in total. The van der Waals surface area contributed by atoms with E-state index < -0.39 is 78.7 Å². The molecule has 0 unspecified atom stereocenters. The maximum absolute atomic E-state index is 12.4. The number of nitrogens with zero attached hydrogens (tertiary/aromatic N) is 1. The third-order valence-corrected chi connectivity index (χ3v) is 3.13. The lowest BCUT2D eigenvalue weighted by atomic mass is 10.1. The van der Waals surface area contributed by atoms with Gasteiger partial charge in [0.25, 0.3) is 5.91 Å². The van der Waals surface area contributed by atoms with E-state index in [2.05, 4.69) is 4.98 Å².